The summed E-state index contributed by atoms with van der Waals surface area (Å²) in [6.45, 7) is 0.846. The van der Waals surface area contributed by atoms with Gasteiger partial charge in [-0.3, -0.25) is 4.79 Å². The summed E-state index contributed by atoms with van der Waals surface area (Å²) in [7, 11) is 0. The fourth-order valence-corrected chi connectivity index (χ4v) is 3.04. The molecule has 0 bridgehead atoms. The Bertz CT molecular complexity index is 849. The maximum atomic E-state index is 13.2. The summed E-state index contributed by atoms with van der Waals surface area (Å²) in [5, 5.41) is 0. The molecule has 1 aromatic heterocycles. The largest absolute Gasteiger partial charge is 0.418 e. The van der Waals surface area contributed by atoms with Crippen LogP contribution in [0.2, 0.25) is 0 Å². The number of aromatic amines is 1. The SMILES string of the molecule is NC1CCN(C(=O)Cc2nc3c(C(F)(F)F)cc(C(F)(F)F)cc3[nH]2)CC1. The number of amides is 1. The molecule has 3 rings (SSSR count). The standard InChI is InChI=1S/C16H16F6N4O/c17-15(18,19)8-5-10(16(20,21)22)14-11(6-8)24-12(25-14)7-13(27)26-3-1-9(23)2-4-26/h5-6,9H,1-4,7,23H2,(H,24,25). The van der Waals surface area contributed by atoms with E-state index in [-0.39, 0.29) is 30.3 Å². The second kappa shape index (κ2) is 6.70. The van der Waals surface area contributed by atoms with Crippen molar-refractivity contribution < 1.29 is 31.1 Å². The van der Waals surface area contributed by atoms with Crippen molar-refractivity contribution in [3.8, 4) is 0 Å². The van der Waals surface area contributed by atoms with Gasteiger partial charge < -0.3 is 15.6 Å². The van der Waals surface area contributed by atoms with Gasteiger partial charge in [-0.1, -0.05) is 0 Å². The van der Waals surface area contributed by atoms with Crippen molar-refractivity contribution in [1.82, 2.24) is 14.9 Å². The van der Waals surface area contributed by atoms with Crippen molar-refractivity contribution in [2.45, 2.75) is 37.7 Å². The topological polar surface area (TPSA) is 75.0 Å². The second-order valence-electron chi connectivity index (χ2n) is 6.49. The van der Waals surface area contributed by atoms with Crippen molar-refractivity contribution in [1.29, 1.82) is 0 Å². The lowest BCUT2D eigenvalue weighted by Crippen LogP contribution is -2.43. The summed E-state index contributed by atoms with van der Waals surface area (Å²) in [5.41, 5.74) is 1.77. The number of hydrogen-bond acceptors (Lipinski definition) is 3. The van der Waals surface area contributed by atoms with Crippen molar-refractivity contribution in [2.75, 3.05) is 13.1 Å². The van der Waals surface area contributed by atoms with Gasteiger partial charge in [0.2, 0.25) is 5.91 Å². The summed E-state index contributed by atoms with van der Waals surface area (Å²) in [5.74, 6) is -0.486. The first-order valence-electron chi connectivity index (χ1n) is 8.15. The number of carbonyl (C=O) groups excluding carboxylic acids is 1. The van der Waals surface area contributed by atoms with Crippen LogP contribution in [-0.2, 0) is 23.6 Å². The Morgan fingerprint density at radius 2 is 1.78 bits per heavy atom. The second-order valence-corrected chi connectivity index (χ2v) is 6.49. The monoisotopic (exact) mass is 394 g/mol. The first-order chi connectivity index (χ1) is 12.4. The zero-order chi connectivity index (χ0) is 20.0. The van der Waals surface area contributed by atoms with E-state index in [0.29, 0.717) is 32.0 Å². The molecule has 0 atom stereocenters. The van der Waals surface area contributed by atoms with Gasteiger partial charge in [-0.25, -0.2) is 4.98 Å². The van der Waals surface area contributed by atoms with Gasteiger partial charge in [-0.05, 0) is 25.0 Å². The summed E-state index contributed by atoms with van der Waals surface area (Å²) < 4.78 is 78.2. The van der Waals surface area contributed by atoms with Crippen LogP contribution >= 0.6 is 0 Å². The van der Waals surface area contributed by atoms with Crippen molar-refractivity contribution >= 4 is 16.9 Å². The van der Waals surface area contributed by atoms with Crippen LogP contribution in [0.25, 0.3) is 11.0 Å². The van der Waals surface area contributed by atoms with Gasteiger partial charge >= 0.3 is 12.4 Å². The van der Waals surface area contributed by atoms with Crippen LogP contribution in [0.15, 0.2) is 12.1 Å². The maximum Gasteiger partial charge on any atom is 0.418 e. The lowest BCUT2D eigenvalue weighted by Gasteiger charge is -2.30. The van der Waals surface area contributed by atoms with Crippen molar-refractivity contribution in [3.05, 3.63) is 29.1 Å². The van der Waals surface area contributed by atoms with E-state index in [1.54, 1.807) is 0 Å². The van der Waals surface area contributed by atoms with Crippen LogP contribution in [0.4, 0.5) is 26.3 Å². The lowest BCUT2D eigenvalue weighted by atomic mass is 10.1. The fraction of sp³-hybridized carbons (Fsp3) is 0.500. The molecule has 1 aliphatic heterocycles. The molecule has 3 N–H and O–H groups in total. The van der Waals surface area contributed by atoms with Gasteiger partial charge in [0.25, 0.3) is 0 Å². The Hall–Kier alpha value is -2.30. The highest BCUT2D eigenvalue weighted by Gasteiger charge is 2.39. The van der Waals surface area contributed by atoms with Crippen LogP contribution in [0.1, 0.15) is 29.8 Å². The quantitative estimate of drug-likeness (QED) is 0.769. The summed E-state index contributed by atoms with van der Waals surface area (Å²) in [6.07, 6.45) is -9.07. The number of piperidine rings is 1. The number of H-pyrrole nitrogens is 1. The van der Waals surface area contributed by atoms with Gasteiger partial charge in [0.15, 0.2) is 0 Å². The number of imidazole rings is 1. The zero-order valence-corrected chi connectivity index (χ0v) is 13.9. The fourth-order valence-electron chi connectivity index (χ4n) is 3.04. The van der Waals surface area contributed by atoms with E-state index in [0.717, 1.165) is 0 Å². The predicted octanol–water partition coefficient (Wildman–Crippen LogP) is 3.09. The highest BCUT2D eigenvalue weighted by Crippen LogP contribution is 2.39. The Labute approximate surface area is 149 Å². The summed E-state index contributed by atoms with van der Waals surface area (Å²) in [6, 6.07) is 0.585. The Morgan fingerprint density at radius 3 is 2.33 bits per heavy atom. The Morgan fingerprint density at radius 1 is 1.15 bits per heavy atom. The first-order valence-corrected chi connectivity index (χ1v) is 8.15. The molecule has 5 nitrogen and oxygen atoms in total. The highest BCUT2D eigenvalue weighted by molar-refractivity contribution is 5.83. The van der Waals surface area contributed by atoms with Crippen LogP contribution in [0.3, 0.4) is 0 Å². The number of hydrogen-bond donors (Lipinski definition) is 2. The number of halogens is 6. The molecule has 2 heterocycles. The van der Waals surface area contributed by atoms with Gasteiger partial charge in [0, 0.05) is 19.1 Å². The molecule has 1 aromatic carbocycles. The molecule has 0 radical (unpaired) electrons. The molecule has 27 heavy (non-hydrogen) atoms. The number of nitrogens with two attached hydrogens (primary N) is 1. The normalized spacial score (nSPS) is 16.9. The van der Waals surface area contributed by atoms with Gasteiger partial charge in [-0.15, -0.1) is 0 Å². The Balaban J connectivity index is 1.93. The minimum absolute atomic E-state index is 0.00427. The molecule has 0 saturated carbocycles. The number of nitrogens with zero attached hydrogens (tertiary/aromatic N) is 2. The molecule has 1 saturated heterocycles. The van der Waals surface area contributed by atoms with Gasteiger partial charge in [0.1, 0.15) is 11.3 Å². The molecule has 148 valence electrons. The molecular weight excluding hydrogens is 378 g/mol. The summed E-state index contributed by atoms with van der Waals surface area (Å²) in [4.78, 5) is 20.0. The van der Waals surface area contributed by atoms with Crippen molar-refractivity contribution in [3.63, 3.8) is 0 Å². The Kier molecular flexibility index (Phi) is 4.83. The molecule has 1 aliphatic rings. The number of carbonyl (C=O) groups is 1. The zero-order valence-electron chi connectivity index (χ0n) is 13.9. The lowest BCUT2D eigenvalue weighted by molar-refractivity contribution is -0.142. The third-order valence-corrected chi connectivity index (χ3v) is 4.48. The number of nitrogens with one attached hydrogen (secondary N) is 1. The van der Waals surface area contributed by atoms with Crippen LogP contribution in [0.5, 0.6) is 0 Å². The van der Waals surface area contributed by atoms with E-state index in [1.807, 2.05) is 0 Å². The van der Waals surface area contributed by atoms with E-state index in [4.69, 9.17) is 5.73 Å². The van der Waals surface area contributed by atoms with Crippen LogP contribution in [0, 0.1) is 0 Å². The van der Waals surface area contributed by atoms with Crippen molar-refractivity contribution in [2.24, 2.45) is 5.73 Å². The highest BCUT2D eigenvalue weighted by atomic mass is 19.4. The molecule has 0 aliphatic carbocycles. The van der Waals surface area contributed by atoms with Crippen LogP contribution < -0.4 is 5.73 Å². The number of fused-ring (bicyclic) bond motifs is 1. The van der Waals surface area contributed by atoms with E-state index in [1.165, 1.54) is 4.90 Å². The van der Waals surface area contributed by atoms with E-state index < -0.39 is 34.5 Å². The number of alkyl halides is 6. The van der Waals surface area contributed by atoms with E-state index in [2.05, 4.69) is 9.97 Å². The van der Waals surface area contributed by atoms with Crippen LogP contribution in [-0.4, -0.2) is 39.9 Å². The molecule has 1 amide bonds. The molecule has 1 fully saturated rings. The first kappa shape index (κ1) is 19.5. The molecule has 0 spiro atoms. The summed E-state index contributed by atoms with van der Waals surface area (Å²) >= 11 is 0. The predicted molar refractivity (Wildman–Crippen MR) is 83.6 cm³/mol. The minimum Gasteiger partial charge on any atom is -0.342 e. The smallest absolute Gasteiger partial charge is 0.342 e. The average molecular weight is 394 g/mol. The number of aromatic nitrogens is 2. The third-order valence-electron chi connectivity index (χ3n) is 4.48. The number of likely N-dealkylation sites (tertiary alicyclic amines) is 1. The molecular formula is C16H16F6N4O. The van der Waals surface area contributed by atoms with Gasteiger partial charge in [-0.2, -0.15) is 26.3 Å². The third kappa shape index (κ3) is 4.18. The number of benzene rings is 1. The minimum atomic E-state index is -5.01. The average Bonchev–Trinajstić information content (AvgIpc) is 2.94. The maximum absolute atomic E-state index is 13.2. The molecule has 11 heteroatoms. The van der Waals surface area contributed by atoms with E-state index in [9.17, 15) is 31.1 Å². The number of rotatable bonds is 2. The molecule has 2 aromatic rings. The van der Waals surface area contributed by atoms with Gasteiger partial charge in [0.05, 0.1) is 23.1 Å². The molecule has 0 unspecified atom stereocenters. The van der Waals surface area contributed by atoms with E-state index >= 15 is 0 Å².